The van der Waals surface area contributed by atoms with Crippen molar-refractivity contribution < 1.29 is 5.11 Å². The van der Waals surface area contributed by atoms with E-state index in [9.17, 15) is 0 Å². The third-order valence-corrected chi connectivity index (χ3v) is 2.53. The van der Waals surface area contributed by atoms with E-state index >= 15 is 0 Å². The average molecular weight is 274 g/mol. The highest BCUT2D eigenvalue weighted by Gasteiger charge is 2.07. The van der Waals surface area contributed by atoms with Gasteiger partial charge in [-0.3, -0.25) is 0 Å². The molecule has 1 rings (SSSR count). The molecule has 0 radical (unpaired) electrons. The minimum absolute atomic E-state index is 0.0523. The molecule has 0 aliphatic rings. The fraction of sp³-hybridized carbons (Fsp3) is 0.600. The molecular formula is C10H16BrN3O. The van der Waals surface area contributed by atoms with Crippen molar-refractivity contribution in [3.8, 4) is 0 Å². The van der Waals surface area contributed by atoms with Crippen LogP contribution in [0.2, 0.25) is 0 Å². The standard InChI is InChI=1S/C10H16BrN3O/c1-3-7(6-15)12-10-5-8(11)13-9(4-2)14-10/h5,7,15H,3-4,6H2,1-2H3,(H,12,13,14). The lowest BCUT2D eigenvalue weighted by atomic mass is 10.2. The van der Waals surface area contributed by atoms with Crippen LogP contribution in [0.3, 0.4) is 0 Å². The highest BCUT2D eigenvalue weighted by Crippen LogP contribution is 2.14. The topological polar surface area (TPSA) is 58.0 Å². The van der Waals surface area contributed by atoms with Gasteiger partial charge in [-0.1, -0.05) is 13.8 Å². The van der Waals surface area contributed by atoms with Gasteiger partial charge in [0.2, 0.25) is 0 Å². The molecule has 4 nitrogen and oxygen atoms in total. The molecule has 1 heterocycles. The van der Waals surface area contributed by atoms with Crippen molar-refractivity contribution in [2.75, 3.05) is 11.9 Å². The first-order valence-corrected chi connectivity index (χ1v) is 5.89. The quantitative estimate of drug-likeness (QED) is 0.806. The maximum Gasteiger partial charge on any atom is 0.131 e. The van der Waals surface area contributed by atoms with Gasteiger partial charge in [-0.2, -0.15) is 0 Å². The number of rotatable bonds is 5. The summed E-state index contributed by atoms with van der Waals surface area (Å²) in [5.41, 5.74) is 0. The zero-order chi connectivity index (χ0) is 11.3. The lowest BCUT2D eigenvalue weighted by Gasteiger charge is -2.15. The van der Waals surface area contributed by atoms with Crippen LogP contribution >= 0.6 is 15.9 Å². The molecule has 2 N–H and O–H groups in total. The summed E-state index contributed by atoms with van der Waals surface area (Å²) in [5.74, 6) is 1.55. The predicted molar refractivity (Wildman–Crippen MR) is 63.9 cm³/mol. The number of aliphatic hydroxyl groups is 1. The van der Waals surface area contributed by atoms with Gasteiger partial charge < -0.3 is 10.4 Å². The number of hydrogen-bond donors (Lipinski definition) is 2. The van der Waals surface area contributed by atoms with Gasteiger partial charge in [0, 0.05) is 12.5 Å². The SMILES string of the molecule is CCc1nc(Br)cc(NC(CC)CO)n1. The fourth-order valence-electron chi connectivity index (χ4n) is 1.18. The highest BCUT2D eigenvalue weighted by atomic mass is 79.9. The first-order chi connectivity index (χ1) is 7.19. The molecule has 0 saturated heterocycles. The molecule has 0 saturated carbocycles. The molecule has 1 unspecified atom stereocenters. The molecule has 0 aliphatic carbocycles. The summed E-state index contributed by atoms with van der Waals surface area (Å²) < 4.78 is 0.768. The van der Waals surface area contributed by atoms with Crippen molar-refractivity contribution >= 4 is 21.7 Å². The van der Waals surface area contributed by atoms with E-state index in [0.29, 0.717) is 0 Å². The van der Waals surface area contributed by atoms with Crippen LogP contribution in [-0.4, -0.2) is 27.7 Å². The predicted octanol–water partition coefficient (Wildman–Crippen LogP) is 1.98. The molecule has 15 heavy (non-hydrogen) atoms. The van der Waals surface area contributed by atoms with Crippen LogP contribution in [0, 0.1) is 0 Å². The largest absolute Gasteiger partial charge is 0.394 e. The Bertz CT molecular complexity index is 316. The Hall–Kier alpha value is -0.680. The lowest BCUT2D eigenvalue weighted by Crippen LogP contribution is -2.23. The molecule has 0 amide bonds. The summed E-state index contributed by atoms with van der Waals surface area (Å²) in [6, 6.07) is 1.87. The number of nitrogens with zero attached hydrogens (tertiary/aromatic N) is 2. The Kier molecular flexibility index (Phi) is 4.98. The molecule has 0 spiro atoms. The molecule has 84 valence electrons. The van der Waals surface area contributed by atoms with Gasteiger partial charge in [0.25, 0.3) is 0 Å². The van der Waals surface area contributed by atoms with E-state index in [-0.39, 0.29) is 12.6 Å². The van der Waals surface area contributed by atoms with Gasteiger partial charge in [-0.05, 0) is 22.4 Å². The maximum atomic E-state index is 9.07. The smallest absolute Gasteiger partial charge is 0.131 e. The molecule has 1 aromatic rings. The summed E-state index contributed by atoms with van der Waals surface area (Å²) >= 11 is 3.33. The third-order valence-electron chi connectivity index (χ3n) is 2.12. The van der Waals surface area contributed by atoms with Gasteiger partial charge in [0.05, 0.1) is 12.6 Å². The van der Waals surface area contributed by atoms with Crippen LogP contribution < -0.4 is 5.32 Å². The van der Waals surface area contributed by atoms with E-state index in [2.05, 4.69) is 31.2 Å². The van der Waals surface area contributed by atoms with Gasteiger partial charge in [0.15, 0.2) is 0 Å². The normalized spacial score (nSPS) is 12.5. The Morgan fingerprint density at radius 1 is 1.47 bits per heavy atom. The van der Waals surface area contributed by atoms with Gasteiger partial charge in [0.1, 0.15) is 16.2 Å². The molecule has 0 fully saturated rings. The third kappa shape index (κ3) is 3.76. The number of halogens is 1. The molecule has 0 aliphatic heterocycles. The summed E-state index contributed by atoms with van der Waals surface area (Å²) in [6.45, 7) is 4.14. The molecular weight excluding hydrogens is 258 g/mol. The van der Waals surface area contributed by atoms with Crippen LogP contribution in [0.4, 0.5) is 5.82 Å². The second kappa shape index (κ2) is 6.02. The lowest BCUT2D eigenvalue weighted by molar-refractivity contribution is 0.271. The summed E-state index contributed by atoms with van der Waals surface area (Å²) in [5, 5.41) is 12.2. The summed E-state index contributed by atoms with van der Waals surface area (Å²) in [4.78, 5) is 8.54. The van der Waals surface area contributed by atoms with Crippen LogP contribution in [0.25, 0.3) is 0 Å². The number of aliphatic hydroxyl groups excluding tert-OH is 1. The van der Waals surface area contributed by atoms with Crippen molar-refractivity contribution in [2.45, 2.75) is 32.7 Å². The Morgan fingerprint density at radius 2 is 2.20 bits per heavy atom. The van der Waals surface area contributed by atoms with Crippen LogP contribution in [0.5, 0.6) is 0 Å². The van der Waals surface area contributed by atoms with Crippen molar-refractivity contribution in [2.24, 2.45) is 0 Å². The van der Waals surface area contributed by atoms with E-state index in [1.165, 1.54) is 0 Å². The second-order valence-electron chi connectivity index (χ2n) is 3.28. The van der Waals surface area contributed by atoms with E-state index in [1.54, 1.807) is 0 Å². The molecule has 1 aromatic heterocycles. The summed E-state index contributed by atoms with van der Waals surface area (Å²) in [7, 11) is 0. The van der Waals surface area contributed by atoms with E-state index in [1.807, 2.05) is 19.9 Å². The second-order valence-corrected chi connectivity index (χ2v) is 4.09. The first-order valence-electron chi connectivity index (χ1n) is 5.10. The van der Waals surface area contributed by atoms with Crippen molar-refractivity contribution in [3.05, 3.63) is 16.5 Å². The zero-order valence-corrected chi connectivity index (χ0v) is 10.6. The highest BCUT2D eigenvalue weighted by molar-refractivity contribution is 9.10. The minimum atomic E-state index is 0.0523. The number of aryl methyl sites for hydroxylation is 1. The van der Waals surface area contributed by atoms with Gasteiger partial charge >= 0.3 is 0 Å². The summed E-state index contributed by atoms with van der Waals surface area (Å²) in [6.07, 6.45) is 1.66. The van der Waals surface area contributed by atoms with Crippen molar-refractivity contribution in [1.82, 2.24) is 9.97 Å². The van der Waals surface area contributed by atoms with Crippen molar-refractivity contribution in [1.29, 1.82) is 0 Å². The van der Waals surface area contributed by atoms with Gasteiger partial charge in [-0.15, -0.1) is 0 Å². The molecule has 0 aromatic carbocycles. The Labute approximate surface area is 98.3 Å². The van der Waals surface area contributed by atoms with E-state index in [4.69, 9.17) is 5.11 Å². The van der Waals surface area contributed by atoms with Crippen LogP contribution in [0.15, 0.2) is 10.7 Å². The maximum absolute atomic E-state index is 9.07. The zero-order valence-electron chi connectivity index (χ0n) is 9.00. The first kappa shape index (κ1) is 12.4. The number of hydrogen-bond acceptors (Lipinski definition) is 4. The number of aromatic nitrogens is 2. The van der Waals surface area contributed by atoms with Gasteiger partial charge in [-0.25, -0.2) is 9.97 Å². The fourth-order valence-corrected chi connectivity index (χ4v) is 1.60. The van der Waals surface area contributed by atoms with Crippen LogP contribution in [0.1, 0.15) is 26.1 Å². The average Bonchev–Trinajstić information content (AvgIpc) is 2.25. The molecule has 1 atom stereocenters. The van der Waals surface area contributed by atoms with Crippen LogP contribution in [-0.2, 0) is 6.42 Å². The number of nitrogens with one attached hydrogen (secondary N) is 1. The van der Waals surface area contributed by atoms with E-state index < -0.39 is 0 Å². The Morgan fingerprint density at radius 3 is 2.73 bits per heavy atom. The minimum Gasteiger partial charge on any atom is -0.394 e. The Balaban J connectivity index is 2.79. The molecule has 0 bridgehead atoms. The van der Waals surface area contributed by atoms with Crippen molar-refractivity contribution in [3.63, 3.8) is 0 Å². The number of anilines is 1. The van der Waals surface area contributed by atoms with E-state index in [0.717, 1.165) is 29.1 Å². The molecule has 5 heteroatoms. The monoisotopic (exact) mass is 273 g/mol.